The first-order valence-corrected chi connectivity index (χ1v) is 8.72. The number of nitrogens with one attached hydrogen (secondary N) is 1. The molecule has 0 bridgehead atoms. The third-order valence-electron chi connectivity index (χ3n) is 4.37. The quantitative estimate of drug-likeness (QED) is 0.815. The summed E-state index contributed by atoms with van der Waals surface area (Å²) in [6.07, 6.45) is 7.57. The molecule has 20 heavy (non-hydrogen) atoms. The number of nitrogens with zero attached hydrogens (tertiary/aromatic N) is 2. The molecule has 0 atom stereocenters. The maximum absolute atomic E-state index is 4.78. The molecule has 1 aromatic heterocycles. The molecule has 1 aliphatic rings. The fraction of sp³-hybridized carbons (Fsp3) is 0.750. The van der Waals surface area contributed by atoms with E-state index >= 15 is 0 Å². The lowest BCUT2D eigenvalue weighted by Gasteiger charge is -2.27. The van der Waals surface area contributed by atoms with E-state index in [4.69, 9.17) is 9.97 Å². The van der Waals surface area contributed by atoms with Gasteiger partial charge >= 0.3 is 0 Å². The molecule has 0 saturated heterocycles. The van der Waals surface area contributed by atoms with Crippen molar-refractivity contribution in [1.82, 2.24) is 9.97 Å². The van der Waals surface area contributed by atoms with Gasteiger partial charge in [0.25, 0.3) is 0 Å². The predicted octanol–water partition coefficient (Wildman–Crippen LogP) is 5.05. The molecule has 0 radical (unpaired) electrons. The fourth-order valence-electron chi connectivity index (χ4n) is 2.95. The largest absolute Gasteiger partial charge is 0.369 e. The van der Waals surface area contributed by atoms with Gasteiger partial charge in [0.1, 0.15) is 11.6 Å². The number of hydrogen-bond acceptors (Lipinski definition) is 3. The fourth-order valence-corrected chi connectivity index (χ4v) is 3.27. The topological polar surface area (TPSA) is 37.8 Å². The van der Waals surface area contributed by atoms with E-state index < -0.39 is 0 Å². The van der Waals surface area contributed by atoms with E-state index in [-0.39, 0.29) is 0 Å². The Morgan fingerprint density at radius 2 is 1.85 bits per heavy atom. The highest BCUT2D eigenvalue weighted by molar-refractivity contribution is 9.10. The van der Waals surface area contributed by atoms with E-state index in [1.54, 1.807) is 0 Å². The van der Waals surface area contributed by atoms with Crippen molar-refractivity contribution in [2.45, 2.75) is 65.2 Å². The van der Waals surface area contributed by atoms with Crippen LogP contribution < -0.4 is 5.32 Å². The van der Waals surface area contributed by atoms with Crippen molar-refractivity contribution in [2.24, 2.45) is 5.92 Å². The number of rotatable bonds is 5. The van der Waals surface area contributed by atoms with Gasteiger partial charge in [-0.25, -0.2) is 9.97 Å². The second kappa shape index (κ2) is 7.39. The first-order valence-electron chi connectivity index (χ1n) is 7.93. The summed E-state index contributed by atoms with van der Waals surface area (Å²) in [4.78, 5) is 9.49. The molecular formula is C16H26BrN3. The van der Waals surface area contributed by atoms with Crippen LogP contribution in [0, 0.1) is 12.8 Å². The molecule has 4 heteroatoms. The van der Waals surface area contributed by atoms with Crippen molar-refractivity contribution < 1.29 is 0 Å². The highest BCUT2D eigenvalue weighted by atomic mass is 79.9. The Morgan fingerprint density at radius 3 is 2.45 bits per heavy atom. The molecule has 0 amide bonds. The van der Waals surface area contributed by atoms with Gasteiger partial charge in [0.15, 0.2) is 0 Å². The van der Waals surface area contributed by atoms with E-state index in [1.807, 2.05) is 0 Å². The third-order valence-corrected chi connectivity index (χ3v) is 5.32. The van der Waals surface area contributed by atoms with Crippen molar-refractivity contribution in [1.29, 1.82) is 0 Å². The normalized spacial score (nSPS) is 22.8. The van der Waals surface area contributed by atoms with Gasteiger partial charge in [0.05, 0.1) is 10.2 Å². The van der Waals surface area contributed by atoms with Crippen LogP contribution in [0.1, 0.15) is 69.8 Å². The summed E-state index contributed by atoms with van der Waals surface area (Å²) in [5.74, 6) is 3.47. The summed E-state index contributed by atoms with van der Waals surface area (Å²) in [5.41, 5.74) is 1.05. The molecule has 1 N–H and O–H groups in total. The second-order valence-corrected chi connectivity index (χ2v) is 6.68. The van der Waals surface area contributed by atoms with Gasteiger partial charge in [-0.1, -0.05) is 20.3 Å². The lowest BCUT2D eigenvalue weighted by Crippen LogP contribution is -2.16. The zero-order chi connectivity index (χ0) is 14.5. The summed E-state index contributed by atoms with van der Waals surface area (Å²) in [6, 6.07) is 0. The van der Waals surface area contributed by atoms with Crippen molar-refractivity contribution in [3.05, 3.63) is 16.0 Å². The summed E-state index contributed by atoms with van der Waals surface area (Å²) >= 11 is 3.60. The first kappa shape index (κ1) is 15.7. The van der Waals surface area contributed by atoms with Gasteiger partial charge in [0.2, 0.25) is 0 Å². The maximum Gasteiger partial charge on any atom is 0.144 e. The Labute approximate surface area is 131 Å². The van der Waals surface area contributed by atoms with Crippen LogP contribution in [0.4, 0.5) is 5.82 Å². The van der Waals surface area contributed by atoms with Crippen molar-refractivity contribution in [3.63, 3.8) is 0 Å². The Kier molecular flexibility index (Phi) is 5.82. The lowest BCUT2D eigenvalue weighted by atomic mass is 9.80. The second-order valence-electron chi connectivity index (χ2n) is 5.88. The molecule has 1 heterocycles. The van der Waals surface area contributed by atoms with Crippen LogP contribution in [0.25, 0.3) is 0 Å². The van der Waals surface area contributed by atoms with Gasteiger partial charge in [-0.05, 0) is 60.9 Å². The number of anilines is 1. The van der Waals surface area contributed by atoms with Gasteiger partial charge in [-0.3, -0.25) is 0 Å². The van der Waals surface area contributed by atoms with E-state index in [9.17, 15) is 0 Å². The summed E-state index contributed by atoms with van der Waals surface area (Å²) in [6.45, 7) is 7.49. The molecule has 1 saturated carbocycles. The van der Waals surface area contributed by atoms with Crippen molar-refractivity contribution in [2.75, 3.05) is 11.9 Å². The molecule has 3 nitrogen and oxygen atoms in total. The highest BCUT2D eigenvalue weighted by Crippen LogP contribution is 2.37. The Morgan fingerprint density at radius 1 is 1.15 bits per heavy atom. The first-order chi connectivity index (χ1) is 9.65. The van der Waals surface area contributed by atoms with E-state index in [0.717, 1.165) is 40.7 Å². The molecule has 1 aromatic rings. The molecule has 0 aliphatic heterocycles. The Hall–Kier alpha value is -0.640. The van der Waals surface area contributed by atoms with Gasteiger partial charge in [-0.2, -0.15) is 0 Å². The van der Waals surface area contributed by atoms with E-state index in [1.165, 1.54) is 32.1 Å². The van der Waals surface area contributed by atoms with Crippen molar-refractivity contribution in [3.8, 4) is 0 Å². The zero-order valence-electron chi connectivity index (χ0n) is 12.9. The maximum atomic E-state index is 4.78. The minimum Gasteiger partial charge on any atom is -0.369 e. The van der Waals surface area contributed by atoms with E-state index in [0.29, 0.717) is 5.92 Å². The standard InChI is InChI=1S/C16H26BrN3/c1-4-10-18-16-14(17)11(3)19-15(20-16)13-8-6-12(5-2)7-9-13/h12-13H,4-10H2,1-3H3,(H,18,19,20). The van der Waals surface area contributed by atoms with Crippen LogP contribution >= 0.6 is 15.9 Å². The average Bonchev–Trinajstić information content (AvgIpc) is 2.48. The molecule has 112 valence electrons. The van der Waals surface area contributed by atoms with Crippen LogP contribution in [-0.2, 0) is 0 Å². The average molecular weight is 340 g/mol. The Bertz CT molecular complexity index is 440. The van der Waals surface area contributed by atoms with Crippen LogP contribution in [0.15, 0.2) is 4.47 Å². The molecule has 1 fully saturated rings. The summed E-state index contributed by atoms with van der Waals surface area (Å²) in [7, 11) is 0. The minimum absolute atomic E-state index is 0.548. The smallest absolute Gasteiger partial charge is 0.144 e. The molecule has 0 unspecified atom stereocenters. The van der Waals surface area contributed by atoms with Crippen LogP contribution in [-0.4, -0.2) is 16.5 Å². The van der Waals surface area contributed by atoms with Crippen LogP contribution in [0.2, 0.25) is 0 Å². The molecule has 2 rings (SSSR count). The molecule has 1 aliphatic carbocycles. The third kappa shape index (κ3) is 3.72. The highest BCUT2D eigenvalue weighted by Gasteiger charge is 2.24. The van der Waals surface area contributed by atoms with Gasteiger partial charge in [-0.15, -0.1) is 0 Å². The Balaban J connectivity index is 2.13. The molecular weight excluding hydrogens is 314 g/mol. The summed E-state index contributed by atoms with van der Waals surface area (Å²) in [5, 5.41) is 3.40. The predicted molar refractivity (Wildman–Crippen MR) is 88.2 cm³/mol. The number of aryl methyl sites for hydroxylation is 1. The summed E-state index contributed by atoms with van der Waals surface area (Å²) < 4.78 is 1.01. The van der Waals surface area contributed by atoms with Gasteiger partial charge < -0.3 is 5.32 Å². The van der Waals surface area contributed by atoms with Gasteiger partial charge in [0, 0.05) is 12.5 Å². The van der Waals surface area contributed by atoms with Crippen molar-refractivity contribution >= 4 is 21.7 Å². The number of hydrogen-bond donors (Lipinski definition) is 1. The molecule has 0 spiro atoms. The van der Waals surface area contributed by atoms with Crippen LogP contribution in [0.5, 0.6) is 0 Å². The van der Waals surface area contributed by atoms with E-state index in [2.05, 4.69) is 42.0 Å². The van der Waals surface area contributed by atoms with Crippen LogP contribution in [0.3, 0.4) is 0 Å². The zero-order valence-corrected chi connectivity index (χ0v) is 14.5. The minimum atomic E-state index is 0.548. The molecule has 0 aromatic carbocycles. The number of aromatic nitrogens is 2. The monoisotopic (exact) mass is 339 g/mol. The number of halogens is 1. The lowest BCUT2D eigenvalue weighted by molar-refractivity contribution is 0.312. The SMILES string of the molecule is CCCNc1nc(C2CCC(CC)CC2)nc(C)c1Br.